The van der Waals surface area contributed by atoms with Gasteiger partial charge >= 0.3 is 0 Å². The monoisotopic (exact) mass is 420 g/mol. The third-order valence-corrected chi connectivity index (χ3v) is 5.04. The van der Waals surface area contributed by atoms with Crippen LogP contribution in [-0.2, 0) is 4.79 Å². The van der Waals surface area contributed by atoms with Crippen LogP contribution in [0, 0.1) is 6.92 Å². The van der Waals surface area contributed by atoms with Gasteiger partial charge in [0.1, 0.15) is 6.04 Å². The summed E-state index contributed by atoms with van der Waals surface area (Å²) in [6, 6.07) is 12.7. The first-order chi connectivity index (χ1) is 15.0. The van der Waals surface area contributed by atoms with Crippen LogP contribution < -0.4 is 20.1 Å². The molecule has 1 aromatic heterocycles. The molecule has 0 aliphatic carbocycles. The number of nitrogens with zero attached hydrogens (tertiary/aromatic N) is 4. The lowest BCUT2D eigenvalue weighted by Gasteiger charge is -2.28. The Morgan fingerprint density at radius 3 is 2.77 bits per heavy atom. The third-order valence-electron chi connectivity index (χ3n) is 5.04. The Hall–Kier alpha value is -3.88. The van der Waals surface area contributed by atoms with Gasteiger partial charge in [-0.2, -0.15) is 4.68 Å². The molecule has 1 unspecified atom stereocenters. The van der Waals surface area contributed by atoms with E-state index in [1.54, 1.807) is 11.8 Å². The second-order valence-corrected chi connectivity index (χ2v) is 7.18. The molecule has 1 aliphatic rings. The molecular formula is C22H24N6O3. The lowest BCUT2D eigenvalue weighted by atomic mass is 9.94. The van der Waals surface area contributed by atoms with Crippen LogP contribution in [0.2, 0.25) is 0 Å². The number of hydrogen-bond donors (Lipinski definition) is 2. The molecule has 0 spiro atoms. The highest BCUT2D eigenvalue weighted by atomic mass is 16.5. The van der Waals surface area contributed by atoms with Crippen LogP contribution in [0.1, 0.15) is 31.0 Å². The van der Waals surface area contributed by atoms with Gasteiger partial charge < -0.3 is 20.1 Å². The summed E-state index contributed by atoms with van der Waals surface area (Å²) in [6.07, 6.45) is 0. The van der Waals surface area contributed by atoms with E-state index < -0.39 is 6.04 Å². The van der Waals surface area contributed by atoms with Gasteiger partial charge in [-0.05, 0) is 66.6 Å². The van der Waals surface area contributed by atoms with Crippen molar-refractivity contribution in [2.45, 2.75) is 26.8 Å². The number of aryl methyl sites for hydroxylation is 1. The fourth-order valence-corrected chi connectivity index (χ4v) is 3.67. The molecule has 160 valence electrons. The molecule has 1 aliphatic heterocycles. The van der Waals surface area contributed by atoms with E-state index >= 15 is 0 Å². The third kappa shape index (κ3) is 3.94. The number of carbonyl (C=O) groups is 1. The smallest absolute Gasteiger partial charge is 0.255 e. The van der Waals surface area contributed by atoms with Gasteiger partial charge in [0.15, 0.2) is 11.5 Å². The van der Waals surface area contributed by atoms with E-state index in [1.165, 1.54) is 0 Å². The molecule has 2 heterocycles. The van der Waals surface area contributed by atoms with Crippen molar-refractivity contribution in [3.63, 3.8) is 0 Å². The number of nitrogens with one attached hydrogen (secondary N) is 2. The number of anilines is 2. The van der Waals surface area contributed by atoms with Gasteiger partial charge in [0.05, 0.1) is 19.3 Å². The quantitative estimate of drug-likeness (QED) is 0.630. The Bertz CT molecular complexity index is 1150. The van der Waals surface area contributed by atoms with Crippen LogP contribution in [0.3, 0.4) is 0 Å². The summed E-state index contributed by atoms with van der Waals surface area (Å²) in [5.41, 5.74) is 3.76. The van der Waals surface area contributed by atoms with Gasteiger partial charge in [-0.15, -0.1) is 0 Å². The highest BCUT2D eigenvalue weighted by Crippen LogP contribution is 2.38. The lowest BCUT2D eigenvalue weighted by molar-refractivity contribution is -0.113. The SMILES string of the molecule is CCOc1cc(C2C(C(=O)Nc3cccc(C)c3)=C(C)Nc3nnnn32)ccc1OC. The van der Waals surface area contributed by atoms with E-state index in [4.69, 9.17) is 9.47 Å². The maximum atomic E-state index is 13.4. The number of amides is 1. The molecule has 1 atom stereocenters. The van der Waals surface area contributed by atoms with E-state index in [2.05, 4.69) is 26.2 Å². The summed E-state index contributed by atoms with van der Waals surface area (Å²) < 4.78 is 12.7. The summed E-state index contributed by atoms with van der Waals surface area (Å²) in [6.45, 7) is 6.20. The van der Waals surface area contributed by atoms with Crippen molar-refractivity contribution in [2.75, 3.05) is 24.4 Å². The minimum atomic E-state index is -0.541. The first-order valence-electron chi connectivity index (χ1n) is 9.96. The van der Waals surface area contributed by atoms with E-state index in [9.17, 15) is 4.79 Å². The van der Waals surface area contributed by atoms with Crippen molar-refractivity contribution in [1.82, 2.24) is 20.2 Å². The maximum Gasteiger partial charge on any atom is 0.255 e. The second-order valence-electron chi connectivity index (χ2n) is 7.18. The molecule has 4 rings (SSSR count). The van der Waals surface area contributed by atoms with E-state index in [0.717, 1.165) is 16.8 Å². The summed E-state index contributed by atoms with van der Waals surface area (Å²) in [7, 11) is 1.59. The van der Waals surface area contributed by atoms with Crippen LogP contribution >= 0.6 is 0 Å². The minimum Gasteiger partial charge on any atom is -0.493 e. The number of rotatable bonds is 6. The Kier molecular flexibility index (Phi) is 5.57. The molecule has 0 bridgehead atoms. The molecule has 0 radical (unpaired) electrons. The molecule has 0 fully saturated rings. The van der Waals surface area contributed by atoms with Gasteiger partial charge in [0.2, 0.25) is 5.95 Å². The van der Waals surface area contributed by atoms with Crippen molar-refractivity contribution in [3.05, 3.63) is 64.9 Å². The Balaban J connectivity index is 1.78. The summed E-state index contributed by atoms with van der Waals surface area (Å²) in [5, 5.41) is 18.1. The predicted octanol–water partition coefficient (Wildman–Crippen LogP) is 3.32. The van der Waals surface area contributed by atoms with Crippen molar-refractivity contribution in [1.29, 1.82) is 0 Å². The Labute approximate surface area is 180 Å². The highest BCUT2D eigenvalue weighted by Gasteiger charge is 2.34. The molecule has 9 nitrogen and oxygen atoms in total. The largest absolute Gasteiger partial charge is 0.493 e. The van der Waals surface area contributed by atoms with Crippen molar-refractivity contribution >= 4 is 17.5 Å². The Morgan fingerprint density at radius 2 is 2.03 bits per heavy atom. The van der Waals surface area contributed by atoms with Crippen LogP contribution in [0.5, 0.6) is 11.5 Å². The average molecular weight is 420 g/mol. The number of tetrazole rings is 1. The molecule has 0 saturated carbocycles. The Morgan fingerprint density at radius 1 is 1.19 bits per heavy atom. The first kappa shape index (κ1) is 20.4. The zero-order valence-electron chi connectivity index (χ0n) is 17.8. The lowest BCUT2D eigenvalue weighted by Crippen LogP contribution is -2.31. The van der Waals surface area contributed by atoms with Crippen molar-refractivity contribution < 1.29 is 14.3 Å². The molecule has 2 aromatic carbocycles. The number of aromatic nitrogens is 4. The highest BCUT2D eigenvalue weighted by molar-refractivity contribution is 6.06. The average Bonchev–Trinajstić information content (AvgIpc) is 3.21. The minimum absolute atomic E-state index is 0.240. The zero-order valence-corrected chi connectivity index (χ0v) is 17.8. The van der Waals surface area contributed by atoms with Crippen molar-refractivity contribution in [3.8, 4) is 11.5 Å². The number of hydrogen-bond acceptors (Lipinski definition) is 7. The molecule has 2 N–H and O–H groups in total. The number of benzene rings is 2. The fourth-order valence-electron chi connectivity index (χ4n) is 3.67. The summed E-state index contributed by atoms with van der Waals surface area (Å²) >= 11 is 0. The van der Waals surface area contributed by atoms with Gasteiger partial charge in [-0.3, -0.25) is 4.79 Å². The van der Waals surface area contributed by atoms with E-state index in [0.29, 0.717) is 35.3 Å². The molecule has 9 heteroatoms. The van der Waals surface area contributed by atoms with Gasteiger partial charge in [0, 0.05) is 11.4 Å². The van der Waals surface area contributed by atoms with Crippen LogP contribution in [0.15, 0.2) is 53.7 Å². The number of carbonyl (C=O) groups excluding carboxylic acids is 1. The van der Waals surface area contributed by atoms with Gasteiger partial charge in [-0.1, -0.05) is 23.3 Å². The molecule has 3 aromatic rings. The fraction of sp³-hybridized carbons (Fsp3) is 0.273. The standard InChI is InChI=1S/C22H24N6O3/c1-5-31-18-12-15(9-10-17(18)30-4)20-19(14(3)23-22-25-26-27-28(20)22)21(29)24-16-8-6-7-13(2)11-16/h6-12,20H,5H2,1-4H3,(H,24,29)(H,23,25,27). The second kappa shape index (κ2) is 8.47. The normalized spacial score (nSPS) is 15.2. The van der Waals surface area contributed by atoms with Crippen LogP contribution in [0.25, 0.3) is 0 Å². The van der Waals surface area contributed by atoms with Gasteiger partial charge in [0.25, 0.3) is 5.91 Å². The molecule has 0 saturated heterocycles. The first-order valence-corrected chi connectivity index (χ1v) is 9.96. The summed E-state index contributed by atoms with van der Waals surface area (Å²) in [4.78, 5) is 13.4. The molecule has 31 heavy (non-hydrogen) atoms. The summed E-state index contributed by atoms with van der Waals surface area (Å²) in [5.74, 6) is 1.42. The van der Waals surface area contributed by atoms with Gasteiger partial charge in [-0.25, -0.2) is 0 Å². The van der Waals surface area contributed by atoms with Crippen molar-refractivity contribution in [2.24, 2.45) is 0 Å². The van der Waals surface area contributed by atoms with E-state index in [1.807, 2.05) is 63.2 Å². The predicted molar refractivity (Wildman–Crippen MR) is 116 cm³/mol. The van der Waals surface area contributed by atoms with Crippen LogP contribution in [0.4, 0.5) is 11.6 Å². The molecule has 1 amide bonds. The number of allylic oxidation sites excluding steroid dienone is 1. The molecular weight excluding hydrogens is 396 g/mol. The number of ether oxygens (including phenoxy) is 2. The topological polar surface area (TPSA) is 103 Å². The number of fused-ring (bicyclic) bond motifs is 1. The van der Waals surface area contributed by atoms with E-state index in [-0.39, 0.29) is 5.91 Å². The maximum absolute atomic E-state index is 13.4. The van der Waals surface area contributed by atoms with Crippen LogP contribution in [-0.4, -0.2) is 39.8 Å². The zero-order chi connectivity index (χ0) is 22.0. The number of methoxy groups -OCH3 is 1.